The summed E-state index contributed by atoms with van der Waals surface area (Å²) >= 11 is -0.186. The molecule has 0 saturated carbocycles. The Kier molecular flexibility index (Phi) is 5.34. The molecule has 0 aliphatic carbocycles. The van der Waals surface area contributed by atoms with E-state index < -0.39 is 14.7 Å². The maximum absolute atomic E-state index is 12.4. The third kappa shape index (κ3) is 4.53. The average molecular weight is 367 g/mol. The van der Waals surface area contributed by atoms with Crippen LogP contribution >= 0.6 is 0 Å². The Morgan fingerprint density at radius 1 is 1.00 bits per heavy atom. The number of carbonyl (C=O) groups excluding carboxylic acids is 1. The van der Waals surface area contributed by atoms with Gasteiger partial charge in [-0.3, -0.25) is 0 Å². The third-order valence-electron chi connectivity index (χ3n) is 2.95. The van der Waals surface area contributed by atoms with Gasteiger partial charge in [0.15, 0.2) is 0 Å². The SMILES string of the molecule is CC(=O)C(CS(=O)(=O)c1ccccc1)[Se]c1ccccc1. The molecule has 3 nitrogen and oxygen atoms in total. The van der Waals surface area contributed by atoms with Crippen LogP contribution in [0.25, 0.3) is 0 Å². The van der Waals surface area contributed by atoms with Crippen molar-refractivity contribution >= 4 is 35.0 Å². The summed E-state index contributed by atoms with van der Waals surface area (Å²) in [5, 5.41) is 0. The molecule has 2 rings (SSSR count). The molecule has 0 aliphatic heterocycles. The summed E-state index contributed by atoms with van der Waals surface area (Å²) in [5.74, 6) is -0.195. The summed E-state index contributed by atoms with van der Waals surface area (Å²) in [6, 6.07) is 17.9. The van der Waals surface area contributed by atoms with Crippen LogP contribution in [0, 0.1) is 0 Å². The van der Waals surface area contributed by atoms with Crippen molar-refractivity contribution in [2.45, 2.75) is 16.6 Å². The van der Waals surface area contributed by atoms with E-state index in [0.717, 1.165) is 4.46 Å². The molecule has 5 heteroatoms. The maximum atomic E-state index is 12.4. The first-order valence-corrected chi connectivity index (χ1v) is 9.99. The number of ketones is 1. The van der Waals surface area contributed by atoms with Gasteiger partial charge in [-0.2, -0.15) is 0 Å². The summed E-state index contributed by atoms with van der Waals surface area (Å²) in [6.45, 7) is 1.47. The van der Waals surface area contributed by atoms with E-state index in [0.29, 0.717) is 0 Å². The molecule has 0 heterocycles. The van der Waals surface area contributed by atoms with Gasteiger partial charge in [-0.15, -0.1) is 0 Å². The summed E-state index contributed by atoms with van der Waals surface area (Å²) in [4.78, 5) is 11.6. The molecule has 0 saturated heterocycles. The first kappa shape index (κ1) is 16.0. The minimum atomic E-state index is -3.43. The van der Waals surface area contributed by atoms with Crippen LogP contribution in [0.3, 0.4) is 0 Å². The topological polar surface area (TPSA) is 51.2 Å². The number of hydrogen-bond acceptors (Lipinski definition) is 3. The van der Waals surface area contributed by atoms with Crippen molar-refractivity contribution in [2.24, 2.45) is 0 Å². The van der Waals surface area contributed by atoms with Gasteiger partial charge < -0.3 is 0 Å². The van der Waals surface area contributed by atoms with Crippen LogP contribution in [0.15, 0.2) is 65.6 Å². The molecule has 0 bridgehead atoms. The minimum absolute atomic E-state index is 0.0710. The second kappa shape index (κ2) is 7.03. The first-order valence-electron chi connectivity index (χ1n) is 6.49. The molecule has 0 radical (unpaired) electrons. The number of carbonyl (C=O) groups is 1. The predicted molar refractivity (Wildman–Crippen MR) is 84.8 cm³/mol. The Balaban J connectivity index is 2.19. The monoisotopic (exact) mass is 368 g/mol. The summed E-state index contributed by atoms with van der Waals surface area (Å²) < 4.78 is 25.8. The van der Waals surface area contributed by atoms with Crippen molar-refractivity contribution in [3.05, 3.63) is 60.7 Å². The molecule has 0 amide bonds. The normalized spacial score (nSPS) is 12.8. The molecule has 110 valence electrons. The Morgan fingerprint density at radius 3 is 2.05 bits per heavy atom. The number of sulfone groups is 1. The van der Waals surface area contributed by atoms with Gasteiger partial charge in [0.1, 0.15) is 0 Å². The fraction of sp³-hybridized carbons (Fsp3) is 0.188. The fourth-order valence-corrected chi connectivity index (χ4v) is 6.54. The number of hydrogen-bond donors (Lipinski definition) is 0. The van der Waals surface area contributed by atoms with E-state index in [-0.39, 0.29) is 31.4 Å². The van der Waals surface area contributed by atoms with Crippen molar-refractivity contribution < 1.29 is 13.2 Å². The van der Waals surface area contributed by atoms with E-state index >= 15 is 0 Å². The molecule has 0 fully saturated rings. The Hall–Kier alpha value is -1.42. The van der Waals surface area contributed by atoms with Crippen LogP contribution in [-0.4, -0.2) is 34.9 Å². The molecule has 0 aromatic heterocycles. The molecule has 2 aromatic rings. The molecule has 1 unspecified atom stereocenters. The van der Waals surface area contributed by atoms with Crippen LogP contribution in [0.5, 0.6) is 0 Å². The van der Waals surface area contributed by atoms with E-state index in [4.69, 9.17) is 0 Å². The van der Waals surface area contributed by atoms with Crippen molar-refractivity contribution in [1.82, 2.24) is 0 Å². The van der Waals surface area contributed by atoms with E-state index in [1.165, 1.54) is 6.92 Å². The summed E-state index contributed by atoms with van der Waals surface area (Å²) in [7, 11) is -3.43. The first-order chi connectivity index (χ1) is 9.99. The van der Waals surface area contributed by atoms with Gasteiger partial charge in [0.05, 0.1) is 0 Å². The van der Waals surface area contributed by atoms with Gasteiger partial charge >= 0.3 is 131 Å². The van der Waals surface area contributed by atoms with Crippen molar-refractivity contribution in [2.75, 3.05) is 5.75 Å². The number of Topliss-reactive ketones (excluding diaryl/α,β-unsaturated/α-hetero) is 1. The molecular weight excluding hydrogens is 351 g/mol. The zero-order valence-corrected chi connectivity index (χ0v) is 14.1. The van der Waals surface area contributed by atoms with Crippen molar-refractivity contribution in [3.8, 4) is 0 Å². The van der Waals surface area contributed by atoms with Crippen LogP contribution in [0.1, 0.15) is 6.92 Å². The molecular formula is C16H16O3SSe. The van der Waals surface area contributed by atoms with Gasteiger partial charge in [-0.1, -0.05) is 0 Å². The molecule has 0 aliphatic rings. The number of rotatable bonds is 6. The molecule has 2 aromatic carbocycles. The van der Waals surface area contributed by atoms with Crippen molar-refractivity contribution in [3.63, 3.8) is 0 Å². The van der Waals surface area contributed by atoms with E-state index in [9.17, 15) is 13.2 Å². The van der Waals surface area contributed by atoms with E-state index in [2.05, 4.69) is 0 Å². The van der Waals surface area contributed by atoms with Gasteiger partial charge in [-0.25, -0.2) is 0 Å². The van der Waals surface area contributed by atoms with Gasteiger partial charge in [-0.05, 0) is 0 Å². The summed E-state index contributed by atoms with van der Waals surface area (Å²) in [6.07, 6.45) is 0. The Morgan fingerprint density at radius 2 is 1.52 bits per heavy atom. The molecule has 0 spiro atoms. The van der Waals surface area contributed by atoms with Crippen LogP contribution in [-0.2, 0) is 14.6 Å². The van der Waals surface area contributed by atoms with E-state index in [1.807, 2.05) is 30.3 Å². The van der Waals surface area contributed by atoms with Crippen LogP contribution < -0.4 is 4.46 Å². The Labute approximate surface area is 131 Å². The number of benzene rings is 2. The van der Waals surface area contributed by atoms with Crippen LogP contribution in [0.4, 0.5) is 0 Å². The third-order valence-corrected chi connectivity index (χ3v) is 7.97. The standard InChI is InChI=1S/C16H16O3SSe/c1-13(17)16(21-15-10-6-3-7-11-15)12-20(18,19)14-8-4-2-5-9-14/h2-11,16H,12H2,1H3. The second-order valence-electron chi connectivity index (χ2n) is 4.62. The second-order valence-corrected chi connectivity index (χ2v) is 9.34. The zero-order valence-electron chi connectivity index (χ0n) is 11.6. The van der Waals surface area contributed by atoms with Crippen molar-refractivity contribution in [1.29, 1.82) is 0 Å². The Bertz CT molecular complexity index is 697. The van der Waals surface area contributed by atoms with Gasteiger partial charge in [0, 0.05) is 0 Å². The van der Waals surface area contributed by atoms with Gasteiger partial charge in [0.25, 0.3) is 0 Å². The molecule has 21 heavy (non-hydrogen) atoms. The summed E-state index contributed by atoms with van der Waals surface area (Å²) in [5.41, 5.74) is 0. The molecule has 0 N–H and O–H groups in total. The zero-order chi connectivity index (χ0) is 15.3. The van der Waals surface area contributed by atoms with Gasteiger partial charge in [0.2, 0.25) is 0 Å². The molecule has 1 atom stereocenters. The average Bonchev–Trinajstić information content (AvgIpc) is 2.48. The van der Waals surface area contributed by atoms with E-state index in [1.54, 1.807) is 30.3 Å². The predicted octanol–water partition coefficient (Wildman–Crippen LogP) is 1.87. The quantitative estimate of drug-likeness (QED) is 0.733. The fourth-order valence-electron chi connectivity index (χ4n) is 1.82. The van der Waals surface area contributed by atoms with Crippen LogP contribution in [0.2, 0.25) is 4.82 Å².